The van der Waals surface area contributed by atoms with Crippen molar-refractivity contribution in [2.24, 2.45) is 0 Å². The molecule has 0 aliphatic rings. The molecule has 98 valence electrons. The Hall–Kier alpha value is -2.43. The average molecular weight is 259 g/mol. The molecule has 1 heterocycles. The van der Waals surface area contributed by atoms with Crippen LogP contribution in [-0.2, 0) is 6.54 Å². The van der Waals surface area contributed by atoms with E-state index in [0.717, 1.165) is 5.69 Å². The minimum atomic E-state index is -0.381. The van der Waals surface area contributed by atoms with Gasteiger partial charge < -0.3 is 10.6 Å². The number of rotatable bonds is 3. The van der Waals surface area contributed by atoms with Gasteiger partial charge in [-0.1, -0.05) is 18.2 Å². The van der Waals surface area contributed by atoms with Gasteiger partial charge in [0.2, 0.25) is 0 Å². The van der Waals surface area contributed by atoms with Gasteiger partial charge in [-0.3, -0.25) is 4.98 Å². The highest BCUT2D eigenvalue weighted by molar-refractivity contribution is 5.89. The molecule has 1 aromatic carbocycles. The van der Waals surface area contributed by atoms with Crippen molar-refractivity contribution in [3.05, 3.63) is 59.7 Å². The van der Waals surface area contributed by atoms with Gasteiger partial charge in [-0.2, -0.15) is 0 Å². The van der Waals surface area contributed by atoms with Crippen molar-refractivity contribution in [2.45, 2.75) is 13.5 Å². The van der Waals surface area contributed by atoms with Gasteiger partial charge in [0.1, 0.15) is 5.82 Å². The summed E-state index contributed by atoms with van der Waals surface area (Å²) < 4.78 is 13.3. The minimum Gasteiger partial charge on any atom is -0.334 e. The Labute approximate surface area is 110 Å². The van der Waals surface area contributed by atoms with E-state index >= 15 is 0 Å². The van der Waals surface area contributed by atoms with Crippen molar-refractivity contribution in [2.75, 3.05) is 5.32 Å². The summed E-state index contributed by atoms with van der Waals surface area (Å²) in [5, 5.41) is 5.26. The zero-order chi connectivity index (χ0) is 13.7. The minimum absolute atomic E-state index is 0.141. The van der Waals surface area contributed by atoms with Gasteiger partial charge in [0.25, 0.3) is 0 Å². The Morgan fingerprint density at radius 2 is 2.11 bits per heavy atom. The van der Waals surface area contributed by atoms with Crippen LogP contribution in [0.4, 0.5) is 14.9 Å². The zero-order valence-corrected chi connectivity index (χ0v) is 10.5. The summed E-state index contributed by atoms with van der Waals surface area (Å²) in [6.45, 7) is 1.98. The summed E-state index contributed by atoms with van der Waals surface area (Å²) in [4.78, 5) is 15.7. The van der Waals surface area contributed by atoms with E-state index < -0.39 is 0 Å². The van der Waals surface area contributed by atoms with E-state index in [0.29, 0.717) is 11.3 Å². The molecular weight excluding hydrogens is 245 g/mol. The first kappa shape index (κ1) is 13.0. The lowest BCUT2D eigenvalue weighted by molar-refractivity contribution is 0.251. The van der Waals surface area contributed by atoms with Gasteiger partial charge in [-0.15, -0.1) is 0 Å². The van der Waals surface area contributed by atoms with Crippen LogP contribution < -0.4 is 10.6 Å². The lowest BCUT2D eigenvalue weighted by Crippen LogP contribution is -2.28. The zero-order valence-electron chi connectivity index (χ0n) is 10.5. The van der Waals surface area contributed by atoms with E-state index in [9.17, 15) is 9.18 Å². The second-order valence-electron chi connectivity index (χ2n) is 4.08. The number of aromatic nitrogens is 1. The van der Waals surface area contributed by atoms with Crippen LogP contribution in [0.15, 0.2) is 42.6 Å². The molecule has 0 radical (unpaired) electrons. The second kappa shape index (κ2) is 5.95. The van der Waals surface area contributed by atoms with Gasteiger partial charge in [-0.05, 0) is 25.1 Å². The molecule has 2 amide bonds. The number of urea groups is 1. The van der Waals surface area contributed by atoms with E-state index in [1.54, 1.807) is 36.5 Å². The van der Waals surface area contributed by atoms with Gasteiger partial charge in [0, 0.05) is 29.7 Å². The van der Waals surface area contributed by atoms with Gasteiger partial charge >= 0.3 is 6.03 Å². The van der Waals surface area contributed by atoms with Crippen LogP contribution in [0.2, 0.25) is 0 Å². The molecule has 0 aliphatic heterocycles. The van der Waals surface area contributed by atoms with Crippen molar-refractivity contribution < 1.29 is 9.18 Å². The number of nitrogens with one attached hydrogen (secondary N) is 2. The summed E-state index contributed by atoms with van der Waals surface area (Å²) in [5.74, 6) is -0.331. The first-order chi connectivity index (χ1) is 9.15. The van der Waals surface area contributed by atoms with Gasteiger partial charge in [0.15, 0.2) is 0 Å². The Bertz CT molecular complexity index is 586. The number of carbonyl (C=O) groups is 1. The molecule has 2 N–H and O–H groups in total. The number of anilines is 1. The molecule has 0 saturated heterocycles. The van der Waals surface area contributed by atoms with Gasteiger partial charge in [0.05, 0.1) is 0 Å². The number of carbonyl (C=O) groups excluding carboxylic acids is 1. The number of amides is 2. The van der Waals surface area contributed by atoms with Crippen LogP contribution in [0, 0.1) is 12.7 Å². The summed E-state index contributed by atoms with van der Waals surface area (Å²) in [5.41, 5.74) is 1.91. The summed E-state index contributed by atoms with van der Waals surface area (Å²) in [6.07, 6.45) is 1.61. The predicted octanol–water partition coefficient (Wildman–Crippen LogP) is 2.85. The molecular formula is C14H14FN3O. The summed E-state index contributed by atoms with van der Waals surface area (Å²) in [6, 6.07) is 9.39. The molecule has 2 aromatic rings. The molecule has 0 unspecified atom stereocenters. The number of halogens is 1. The van der Waals surface area contributed by atoms with Crippen molar-refractivity contribution in [1.82, 2.24) is 10.3 Å². The number of aryl methyl sites for hydroxylation is 1. The van der Waals surface area contributed by atoms with Crippen molar-refractivity contribution in [1.29, 1.82) is 0 Å². The van der Waals surface area contributed by atoms with Crippen LogP contribution in [0.3, 0.4) is 0 Å². The largest absolute Gasteiger partial charge is 0.334 e. The third-order valence-corrected chi connectivity index (χ3v) is 2.55. The standard InChI is InChI=1S/C14H14FN3O/c1-10-8-12(6-7-16-10)18-14(19)17-9-11-4-2-3-5-13(11)15/h2-8H,9H2,1H3,(H2,16,17,18,19). The van der Waals surface area contributed by atoms with E-state index in [-0.39, 0.29) is 18.4 Å². The molecule has 0 spiro atoms. The van der Waals surface area contributed by atoms with E-state index in [1.807, 2.05) is 6.92 Å². The molecule has 0 atom stereocenters. The second-order valence-corrected chi connectivity index (χ2v) is 4.08. The lowest BCUT2D eigenvalue weighted by atomic mass is 10.2. The number of hydrogen-bond acceptors (Lipinski definition) is 2. The fourth-order valence-corrected chi connectivity index (χ4v) is 1.62. The highest BCUT2D eigenvalue weighted by Crippen LogP contribution is 2.08. The summed E-state index contributed by atoms with van der Waals surface area (Å²) in [7, 11) is 0. The van der Waals surface area contributed by atoms with Gasteiger partial charge in [-0.25, -0.2) is 9.18 Å². The van der Waals surface area contributed by atoms with E-state index in [1.165, 1.54) is 6.07 Å². The molecule has 0 saturated carbocycles. The fraction of sp³-hybridized carbons (Fsp3) is 0.143. The molecule has 0 fully saturated rings. The van der Waals surface area contributed by atoms with Crippen LogP contribution >= 0.6 is 0 Å². The van der Waals surface area contributed by atoms with Crippen molar-refractivity contribution in [3.63, 3.8) is 0 Å². The monoisotopic (exact) mass is 259 g/mol. The predicted molar refractivity (Wildman–Crippen MR) is 71.2 cm³/mol. The molecule has 0 aliphatic carbocycles. The summed E-state index contributed by atoms with van der Waals surface area (Å²) >= 11 is 0. The Morgan fingerprint density at radius 3 is 2.84 bits per heavy atom. The first-order valence-corrected chi connectivity index (χ1v) is 5.86. The number of hydrogen-bond donors (Lipinski definition) is 2. The molecule has 4 nitrogen and oxygen atoms in total. The molecule has 5 heteroatoms. The maximum absolute atomic E-state index is 13.3. The van der Waals surface area contributed by atoms with E-state index in [2.05, 4.69) is 15.6 Å². The van der Waals surface area contributed by atoms with Crippen LogP contribution in [0.25, 0.3) is 0 Å². The topological polar surface area (TPSA) is 54.0 Å². The van der Waals surface area contributed by atoms with E-state index in [4.69, 9.17) is 0 Å². The highest BCUT2D eigenvalue weighted by atomic mass is 19.1. The number of nitrogens with zero attached hydrogens (tertiary/aromatic N) is 1. The SMILES string of the molecule is Cc1cc(NC(=O)NCc2ccccc2F)ccn1. The Morgan fingerprint density at radius 1 is 1.32 bits per heavy atom. The molecule has 19 heavy (non-hydrogen) atoms. The van der Waals surface area contributed by atoms with Crippen LogP contribution in [-0.4, -0.2) is 11.0 Å². The van der Waals surface area contributed by atoms with Crippen LogP contribution in [0.1, 0.15) is 11.3 Å². The smallest absolute Gasteiger partial charge is 0.319 e. The third-order valence-electron chi connectivity index (χ3n) is 2.55. The number of benzene rings is 1. The Kier molecular flexibility index (Phi) is 4.07. The first-order valence-electron chi connectivity index (χ1n) is 5.86. The quantitative estimate of drug-likeness (QED) is 0.890. The lowest BCUT2D eigenvalue weighted by Gasteiger charge is -2.08. The normalized spacial score (nSPS) is 10.0. The molecule has 1 aromatic heterocycles. The maximum Gasteiger partial charge on any atom is 0.319 e. The molecule has 2 rings (SSSR count). The molecule has 0 bridgehead atoms. The van der Waals surface area contributed by atoms with Crippen molar-refractivity contribution >= 4 is 11.7 Å². The fourth-order valence-electron chi connectivity index (χ4n) is 1.62. The Balaban J connectivity index is 1.90. The van der Waals surface area contributed by atoms with Crippen LogP contribution in [0.5, 0.6) is 0 Å². The highest BCUT2D eigenvalue weighted by Gasteiger charge is 2.04. The third kappa shape index (κ3) is 3.77. The average Bonchev–Trinajstić information content (AvgIpc) is 2.38. The maximum atomic E-state index is 13.3. The number of pyridine rings is 1. The van der Waals surface area contributed by atoms with Crippen molar-refractivity contribution in [3.8, 4) is 0 Å².